The number of benzene rings is 3. The second-order valence-corrected chi connectivity index (χ2v) is 8.75. The Bertz CT molecular complexity index is 1200. The lowest BCUT2D eigenvalue weighted by Crippen LogP contribution is -2.44. The van der Waals surface area contributed by atoms with Crippen LogP contribution in [0.4, 0.5) is 4.79 Å². The molecule has 0 heterocycles. The zero-order valence-corrected chi connectivity index (χ0v) is 21.2. The molecule has 1 amide bonds. The average Bonchev–Trinajstić information content (AvgIpc) is 3.23. The predicted molar refractivity (Wildman–Crippen MR) is 137 cm³/mol. The first-order chi connectivity index (χ1) is 18.0. The molecule has 1 aliphatic carbocycles. The SMILES string of the molecule is COCOC(=O)C(Cc1ccc(OCOC)c(C)c1)NC(=O)OCC1c2ccccc2-c2ccccc21. The lowest BCUT2D eigenvalue weighted by atomic mass is 9.98. The van der Waals surface area contributed by atoms with E-state index in [0.29, 0.717) is 5.75 Å². The molecule has 4 rings (SSSR count). The largest absolute Gasteiger partial charge is 0.467 e. The number of carbonyl (C=O) groups is 2. The van der Waals surface area contributed by atoms with Gasteiger partial charge in [0.1, 0.15) is 18.4 Å². The first-order valence-electron chi connectivity index (χ1n) is 12.0. The van der Waals surface area contributed by atoms with Crippen molar-refractivity contribution in [2.75, 3.05) is 34.4 Å². The molecule has 1 atom stereocenters. The Morgan fingerprint density at radius 3 is 2.14 bits per heavy atom. The minimum absolute atomic E-state index is 0.0839. The molecule has 37 heavy (non-hydrogen) atoms. The molecule has 0 spiro atoms. The fraction of sp³-hybridized carbons (Fsp3) is 0.310. The number of rotatable bonds is 11. The van der Waals surface area contributed by atoms with Crippen LogP contribution in [0.3, 0.4) is 0 Å². The lowest BCUT2D eigenvalue weighted by molar-refractivity contribution is -0.156. The van der Waals surface area contributed by atoms with Gasteiger partial charge in [0.2, 0.25) is 0 Å². The van der Waals surface area contributed by atoms with Gasteiger partial charge >= 0.3 is 12.1 Å². The smallest absolute Gasteiger partial charge is 0.407 e. The third-order valence-electron chi connectivity index (χ3n) is 6.25. The van der Waals surface area contributed by atoms with E-state index in [1.54, 1.807) is 13.2 Å². The van der Waals surface area contributed by atoms with Crippen LogP contribution in [0.2, 0.25) is 0 Å². The molecular formula is C29H31NO7. The summed E-state index contributed by atoms with van der Waals surface area (Å²) in [6.45, 7) is 1.95. The number of methoxy groups -OCH3 is 2. The number of nitrogens with one attached hydrogen (secondary N) is 1. The molecule has 0 saturated carbocycles. The van der Waals surface area contributed by atoms with Crippen LogP contribution in [-0.2, 0) is 30.2 Å². The second-order valence-electron chi connectivity index (χ2n) is 8.75. The number of fused-ring (bicyclic) bond motifs is 3. The highest BCUT2D eigenvalue weighted by Crippen LogP contribution is 2.44. The van der Waals surface area contributed by atoms with E-state index >= 15 is 0 Å². The van der Waals surface area contributed by atoms with Crippen LogP contribution < -0.4 is 10.1 Å². The van der Waals surface area contributed by atoms with E-state index in [-0.39, 0.29) is 32.5 Å². The fourth-order valence-electron chi connectivity index (χ4n) is 4.55. The second kappa shape index (κ2) is 12.4. The average molecular weight is 506 g/mol. The number of hydrogen-bond donors (Lipinski definition) is 1. The van der Waals surface area contributed by atoms with Crippen molar-refractivity contribution >= 4 is 12.1 Å². The molecule has 3 aromatic rings. The summed E-state index contributed by atoms with van der Waals surface area (Å²) < 4.78 is 26.1. The van der Waals surface area contributed by atoms with E-state index in [0.717, 1.165) is 33.4 Å². The molecule has 3 aromatic carbocycles. The summed E-state index contributed by atoms with van der Waals surface area (Å²) in [4.78, 5) is 25.5. The number of carbonyl (C=O) groups excluding carboxylic acids is 2. The van der Waals surface area contributed by atoms with Gasteiger partial charge in [-0.3, -0.25) is 0 Å². The Hall–Kier alpha value is -3.88. The summed E-state index contributed by atoms with van der Waals surface area (Å²) in [6, 6.07) is 20.8. The van der Waals surface area contributed by atoms with Gasteiger partial charge in [-0.15, -0.1) is 0 Å². The van der Waals surface area contributed by atoms with E-state index in [1.165, 1.54) is 7.11 Å². The molecule has 0 saturated heterocycles. The van der Waals surface area contributed by atoms with Gasteiger partial charge in [-0.05, 0) is 46.4 Å². The van der Waals surface area contributed by atoms with Crippen LogP contribution in [0.15, 0.2) is 66.7 Å². The lowest BCUT2D eigenvalue weighted by Gasteiger charge is -2.19. The van der Waals surface area contributed by atoms with Gasteiger partial charge in [0, 0.05) is 26.6 Å². The maximum Gasteiger partial charge on any atom is 0.407 e. The third kappa shape index (κ3) is 6.28. The van der Waals surface area contributed by atoms with Crippen LogP contribution in [0.1, 0.15) is 28.2 Å². The highest BCUT2D eigenvalue weighted by atomic mass is 16.7. The Labute approximate surface area is 216 Å². The molecule has 0 aromatic heterocycles. The standard InChI is InChI=1S/C29H31NO7/c1-19-14-20(12-13-27(19)36-17-33-2)15-26(28(31)37-18-34-3)30-29(32)35-16-25-23-10-6-4-8-21(23)22-9-5-7-11-24(22)25/h4-14,25-26H,15-18H2,1-3H3,(H,30,32). The van der Waals surface area contributed by atoms with Crippen molar-refractivity contribution in [1.82, 2.24) is 5.32 Å². The molecule has 0 bridgehead atoms. The maximum absolute atomic E-state index is 12.8. The fourth-order valence-corrected chi connectivity index (χ4v) is 4.55. The van der Waals surface area contributed by atoms with Crippen LogP contribution in [0, 0.1) is 6.92 Å². The summed E-state index contributed by atoms with van der Waals surface area (Å²) in [6.07, 6.45) is -0.490. The van der Waals surface area contributed by atoms with Crippen molar-refractivity contribution in [2.24, 2.45) is 0 Å². The Balaban J connectivity index is 1.44. The first-order valence-corrected chi connectivity index (χ1v) is 12.0. The van der Waals surface area contributed by atoms with E-state index in [4.69, 9.17) is 23.7 Å². The topological polar surface area (TPSA) is 92.3 Å². The van der Waals surface area contributed by atoms with Crippen LogP contribution >= 0.6 is 0 Å². The van der Waals surface area contributed by atoms with Crippen molar-refractivity contribution in [3.63, 3.8) is 0 Å². The van der Waals surface area contributed by atoms with Gasteiger partial charge < -0.3 is 29.0 Å². The number of amides is 1. The van der Waals surface area contributed by atoms with Crippen LogP contribution in [-0.4, -0.2) is 52.5 Å². The van der Waals surface area contributed by atoms with Crippen molar-refractivity contribution in [1.29, 1.82) is 0 Å². The summed E-state index contributed by atoms with van der Waals surface area (Å²) in [5.41, 5.74) is 6.20. The third-order valence-corrected chi connectivity index (χ3v) is 6.25. The molecule has 0 fully saturated rings. The van der Waals surface area contributed by atoms with E-state index in [9.17, 15) is 9.59 Å². The van der Waals surface area contributed by atoms with Gasteiger partial charge in [0.15, 0.2) is 13.6 Å². The molecule has 1 aliphatic rings. The molecule has 1 unspecified atom stereocenters. The zero-order chi connectivity index (χ0) is 26.2. The molecule has 0 aliphatic heterocycles. The van der Waals surface area contributed by atoms with Crippen molar-refractivity contribution < 1.29 is 33.3 Å². The minimum Gasteiger partial charge on any atom is -0.467 e. The molecule has 8 nitrogen and oxygen atoms in total. The van der Waals surface area contributed by atoms with Gasteiger partial charge in [-0.1, -0.05) is 60.7 Å². The van der Waals surface area contributed by atoms with Crippen LogP contribution in [0.25, 0.3) is 11.1 Å². The summed E-state index contributed by atoms with van der Waals surface area (Å²) >= 11 is 0. The minimum atomic E-state index is -0.962. The Morgan fingerprint density at radius 1 is 0.865 bits per heavy atom. The predicted octanol–water partition coefficient (Wildman–Crippen LogP) is 4.57. The Kier molecular flexibility index (Phi) is 8.77. The number of aryl methyl sites for hydroxylation is 1. The summed E-state index contributed by atoms with van der Waals surface area (Å²) in [7, 11) is 2.97. The first kappa shape index (κ1) is 26.2. The van der Waals surface area contributed by atoms with Gasteiger partial charge in [-0.2, -0.15) is 0 Å². The highest BCUT2D eigenvalue weighted by molar-refractivity contribution is 5.82. The maximum atomic E-state index is 12.8. The normalized spacial score (nSPS) is 12.8. The summed E-state index contributed by atoms with van der Waals surface area (Å²) in [5, 5.41) is 2.67. The quantitative estimate of drug-likeness (QED) is 0.301. The van der Waals surface area contributed by atoms with E-state index in [1.807, 2.05) is 43.3 Å². The molecule has 194 valence electrons. The molecule has 0 radical (unpaired) electrons. The molecular weight excluding hydrogens is 474 g/mol. The highest BCUT2D eigenvalue weighted by Gasteiger charge is 2.30. The van der Waals surface area contributed by atoms with E-state index < -0.39 is 18.1 Å². The number of hydrogen-bond acceptors (Lipinski definition) is 7. The van der Waals surface area contributed by atoms with Crippen LogP contribution in [0.5, 0.6) is 5.75 Å². The molecule has 1 N–H and O–H groups in total. The monoisotopic (exact) mass is 505 g/mol. The van der Waals surface area contributed by atoms with Crippen molar-refractivity contribution in [3.05, 3.63) is 89.0 Å². The van der Waals surface area contributed by atoms with Crippen molar-refractivity contribution in [3.8, 4) is 16.9 Å². The molecule has 8 heteroatoms. The van der Waals surface area contributed by atoms with Gasteiger partial charge in [-0.25, -0.2) is 9.59 Å². The number of alkyl carbamates (subject to hydrolysis) is 1. The summed E-state index contributed by atoms with van der Waals surface area (Å²) in [5.74, 6) is -0.0272. The number of esters is 1. The van der Waals surface area contributed by atoms with Crippen molar-refractivity contribution in [2.45, 2.75) is 25.3 Å². The van der Waals surface area contributed by atoms with E-state index in [2.05, 4.69) is 29.6 Å². The van der Waals surface area contributed by atoms with Gasteiger partial charge in [0.05, 0.1) is 0 Å². The van der Waals surface area contributed by atoms with Gasteiger partial charge in [0.25, 0.3) is 0 Å². The zero-order valence-electron chi connectivity index (χ0n) is 21.2. The number of ether oxygens (including phenoxy) is 5. The Morgan fingerprint density at radius 2 is 1.51 bits per heavy atom.